The zero-order valence-corrected chi connectivity index (χ0v) is 11.3. The number of hydrogen-bond donors (Lipinski definition) is 1. The van der Waals surface area contributed by atoms with Gasteiger partial charge in [-0.2, -0.15) is 0 Å². The Balaban J connectivity index is 2.65. The first kappa shape index (κ1) is 13.1. The molecular formula is C13H16N2O4. The summed E-state index contributed by atoms with van der Waals surface area (Å²) in [5.74, 6) is 2.65. The lowest BCUT2D eigenvalue weighted by molar-refractivity contribution is 0.348. The van der Waals surface area contributed by atoms with E-state index in [1.54, 1.807) is 33.5 Å². The Bertz CT molecular complexity index is 593. The molecule has 0 aliphatic heterocycles. The fourth-order valence-electron chi connectivity index (χ4n) is 1.81. The van der Waals surface area contributed by atoms with Crippen molar-refractivity contribution in [2.75, 3.05) is 27.1 Å². The van der Waals surface area contributed by atoms with Crippen LogP contribution in [0.1, 0.15) is 5.56 Å². The minimum atomic E-state index is 0.354. The van der Waals surface area contributed by atoms with Crippen LogP contribution in [-0.4, -0.2) is 26.5 Å². The third-order valence-corrected chi connectivity index (χ3v) is 2.91. The van der Waals surface area contributed by atoms with Gasteiger partial charge in [-0.1, -0.05) is 5.16 Å². The molecule has 0 aliphatic rings. The number of benzene rings is 1. The highest BCUT2D eigenvalue weighted by Crippen LogP contribution is 2.41. The van der Waals surface area contributed by atoms with Crippen LogP contribution < -0.4 is 19.9 Å². The zero-order valence-electron chi connectivity index (χ0n) is 11.3. The van der Waals surface area contributed by atoms with Crippen LogP contribution in [0.4, 0.5) is 5.82 Å². The number of nitrogens with two attached hydrogens (primary N) is 1. The first-order valence-electron chi connectivity index (χ1n) is 5.64. The summed E-state index contributed by atoms with van der Waals surface area (Å²) in [4.78, 5) is 0. The topological polar surface area (TPSA) is 79.7 Å². The number of anilines is 1. The molecule has 2 aromatic rings. The number of methoxy groups -OCH3 is 3. The maximum absolute atomic E-state index is 5.69. The van der Waals surface area contributed by atoms with Crippen molar-refractivity contribution in [2.45, 2.75) is 6.92 Å². The van der Waals surface area contributed by atoms with Crippen molar-refractivity contribution in [3.05, 3.63) is 17.7 Å². The number of nitrogens with zero attached hydrogens (tertiary/aromatic N) is 1. The van der Waals surface area contributed by atoms with Gasteiger partial charge in [-0.3, -0.25) is 0 Å². The van der Waals surface area contributed by atoms with Crippen LogP contribution >= 0.6 is 0 Å². The summed E-state index contributed by atoms with van der Waals surface area (Å²) in [5, 5.41) is 3.74. The van der Waals surface area contributed by atoms with E-state index in [0.717, 1.165) is 5.56 Å². The monoisotopic (exact) mass is 264 g/mol. The molecule has 0 unspecified atom stereocenters. The third-order valence-electron chi connectivity index (χ3n) is 2.91. The number of ether oxygens (including phenoxy) is 3. The molecule has 19 heavy (non-hydrogen) atoms. The first-order valence-corrected chi connectivity index (χ1v) is 5.64. The maximum atomic E-state index is 5.69. The largest absolute Gasteiger partial charge is 0.496 e. The summed E-state index contributed by atoms with van der Waals surface area (Å²) in [6, 6.07) is 3.50. The molecule has 1 aromatic heterocycles. The lowest BCUT2D eigenvalue weighted by Crippen LogP contribution is -1.95. The fourth-order valence-corrected chi connectivity index (χ4v) is 1.81. The van der Waals surface area contributed by atoms with Crippen LogP contribution in [0.25, 0.3) is 11.3 Å². The summed E-state index contributed by atoms with van der Waals surface area (Å²) >= 11 is 0. The molecule has 0 atom stereocenters. The summed E-state index contributed by atoms with van der Waals surface area (Å²) in [7, 11) is 4.70. The molecule has 0 fully saturated rings. The Morgan fingerprint density at radius 1 is 1.00 bits per heavy atom. The van der Waals surface area contributed by atoms with E-state index < -0.39 is 0 Å². The van der Waals surface area contributed by atoms with Crippen LogP contribution in [0.15, 0.2) is 16.7 Å². The smallest absolute Gasteiger partial charge is 0.175 e. The second-order valence-electron chi connectivity index (χ2n) is 3.93. The molecule has 2 N–H and O–H groups in total. The van der Waals surface area contributed by atoms with E-state index in [4.69, 9.17) is 24.5 Å². The SMILES string of the molecule is COc1cc(OC)c(-c2onc(N)c2C)cc1OC. The average Bonchev–Trinajstić information content (AvgIpc) is 2.77. The molecule has 1 heterocycles. The number of hydrogen-bond acceptors (Lipinski definition) is 6. The van der Waals surface area contributed by atoms with Crippen LogP contribution in [-0.2, 0) is 0 Å². The Hall–Kier alpha value is -2.37. The standard InChI is InChI=1S/C13H16N2O4/c1-7-12(19-15-13(7)14)8-5-10(17-3)11(18-4)6-9(8)16-2/h5-6H,1-4H3,(H2,14,15). The second-order valence-corrected chi connectivity index (χ2v) is 3.93. The van der Waals surface area contributed by atoms with E-state index in [9.17, 15) is 0 Å². The van der Waals surface area contributed by atoms with Gasteiger partial charge in [0, 0.05) is 11.6 Å². The molecular weight excluding hydrogens is 248 g/mol. The van der Waals surface area contributed by atoms with Gasteiger partial charge >= 0.3 is 0 Å². The quantitative estimate of drug-likeness (QED) is 0.912. The minimum Gasteiger partial charge on any atom is -0.496 e. The Morgan fingerprint density at radius 2 is 1.58 bits per heavy atom. The summed E-state index contributed by atoms with van der Waals surface area (Å²) in [6.45, 7) is 1.83. The highest BCUT2D eigenvalue weighted by Gasteiger charge is 2.19. The lowest BCUT2D eigenvalue weighted by atomic mass is 10.1. The van der Waals surface area contributed by atoms with Gasteiger partial charge in [0.15, 0.2) is 23.1 Å². The van der Waals surface area contributed by atoms with Crippen molar-refractivity contribution >= 4 is 5.82 Å². The van der Waals surface area contributed by atoms with E-state index in [-0.39, 0.29) is 0 Å². The molecule has 0 spiro atoms. The highest BCUT2D eigenvalue weighted by molar-refractivity contribution is 5.74. The van der Waals surface area contributed by atoms with Crippen molar-refractivity contribution in [1.29, 1.82) is 0 Å². The minimum absolute atomic E-state index is 0.354. The van der Waals surface area contributed by atoms with E-state index in [1.165, 1.54) is 0 Å². The van der Waals surface area contributed by atoms with Crippen molar-refractivity contribution in [2.24, 2.45) is 0 Å². The molecule has 0 saturated heterocycles. The number of rotatable bonds is 4. The van der Waals surface area contributed by atoms with Crippen molar-refractivity contribution < 1.29 is 18.7 Å². The molecule has 1 aromatic carbocycles. The molecule has 0 saturated carbocycles. The summed E-state index contributed by atoms with van der Waals surface area (Å²) < 4.78 is 21.1. The van der Waals surface area contributed by atoms with E-state index in [1.807, 2.05) is 6.92 Å². The van der Waals surface area contributed by atoms with Gasteiger partial charge < -0.3 is 24.5 Å². The Labute approximate surface area is 111 Å². The Kier molecular flexibility index (Phi) is 3.50. The van der Waals surface area contributed by atoms with Crippen LogP contribution in [0, 0.1) is 6.92 Å². The van der Waals surface area contributed by atoms with Gasteiger partial charge in [0.25, 0.3) is 0 Å². The average molecular weight is 264 g/mol. The van der Waals surface area contributed by atoms with Crippen LogP contribution in [0.5, 0.6) is 17.2 Å². The van der Waals surface area contributed by atoms with Crippen LogP contribution in [0.3, 0.4) is 0 Å². The lowest BCUT2D eigenvalue weighted by Gasteiger charge is -2.12. The molecule has 6 nitrogen and oxygen atoms in total. The van der Waals surface area contributed by atoms with E-state index in [2.05, 4.69) is 5.16 Å². The second kappa shape index (κ2) is 5.09. The van der Waals surface area contributed by atoms with Crippen molar-refractivity contribution in [3.8, 4) is 28.6 Å². The van der Waals surface area contributed by atoms with Crippen molar-refractivity contribution in [1.82, 2.24) is 5.16 Å². The summed E-state index contributed by atoms with van der Waals surface area (Å²) in [5.41, 5.74) is 7.16. The van der Waals surface area contributed by atoms with E-state index >= 15 is 0 Å². The molecule has 6 heteroatoms. The Morgan fingerprint density at radius 3 is 2.05 bits per heavy atom. The third kappa shape index (κ3) is 2.16. The van der Waals surface area contributed by atoms with Gasteiger partial charge in [-0.15, -0.1) is 0 Å². The first-order chi connectivity index (χ1) is 9.12. The van der Waals surface area contributed by atoms with Gasteiger partial charge in [-0.05, 0) is 13.0 Å². The molecule has 0 radical (unpaired) electrons. The molecule has 0 bridgehead atoms. The normalized spacial score (nSPS) is 10.3. The molecule has 0 amide bonds. The number of aromatic nitrogens is 1. The predicted octanol–water partition coefficient (Wildman–Crippen LogP) is 2.26. The molecule has 102 valence electrons. The zero-order chi connectivity index (χ0) is 14.0. The van der Waals surface area contributed by atoms with E-state index in [0.29, 0.717) is 34.4 Å². The van der Waals surface area contributed by atoms with Gasteiger partial charge in [0.1, 0.15) is 5.75 Å². The maximum Gasteiger partial charge on any atom is 0.175 e. The predicted molar refractivity (Wildman–Crippen MR) is 70.7 cm³/mol. The fraction of sp³-hybridized carbons (Fsp3) is 0.308. The van der Waals surface area contributed by atoms with Gasteiger partial charge in [0.05, 0.1) is 26.9 Å². The van der Waals surface area contributed by atoms with Gasteiger partial charge in [-0.25, -0.2) is 0 Å². The molecule has 2 rings (SSSR count). The van der Waals surface area contributed by atoms with Crippen molar-refractivity contribution in [3.63, 3.8) is 0 Å². The van der Waals surface area contributed by atoms with Crippen LogP contribution in [0.2, 0.25) is 0 Å². The molecule has 0 aliphatic carbocycles. The van der Waals surface area contributed by atoms with Gasteiger partial charge in [0.2, 0.25) is 0 Å². The summed E-state index contributed by atoms with van der Waals surface area (Å²) in [6.07, 6.45) is 0. The highest BCUT2D eigenvalue weighted by atomic mass is 16.5. The number of nitrogen functional groups attached to an aromatic ring is 1.